The number of hydrogen-bond acceptors (Lipinski definition) is 6. The maximum absolute atomic E-state index is 12.2. The van der Waals surface area contributed by atoms with Crippen LogP contribution in [0.25, 0.3) is 0 Å². The van der Waals surface area contributed by atoms with Gasteiger partial charge in [-0.05, 0) is 18.9 Å². The van der Waals surface area contributed by atoms with Crippen LogP contribution in [0.2, 0.25) is 0 Å². The fourth-order valence-electron chi connectivity index (χ4n) is 2.03. The van der Waals surface area contributed by atoms with Crippen molar-refractivity contribution in [1.82, 2.24) is 10.0 Å². The lowest BCUT2D eigenvalue weighted by molar-refractivity contribution is -0.384. The lowest BCUT2D eigenvalue weighted by Crippen LogP contribution is -2.50. The van der Waals surface area contributed by atoms with E-state index in [9.17, 15) is 23.3 Å². The molecule has 0 bridgehead atoms. The number of carbonyl (C=O) groups excluding carboxylic acids is 1. The number of benzene rings is 1. The zero-order valence-electron chi connectivity index (χ0n) is 10.9. The SMILES string of the molecule is Nc1cc([N+](=O)[O-])ccc1S(=O)(=O)NC1CCCNC1=O. The maximum atomic E-state index is 12.2. The van der Waals surface area contributed by atoms with Crippen LogP contribution >= 0.6 is 0 Å². The van der Waals surface area contributed by atoms with Gasteiger partial charge in [-0.2, -0.15) is 4.72 Å². The van der Waals surface area contributed by atoms with Crippen LogP contribution in [0.5, 0.6) is 0 Å². The molecular weight excluding hydrogens is 300 g/mol. The smallest absolute Gasteiger partial charge is 0.271 e. The van der Waals surface area contributed by atoms with E-state index in [0.717, 1.165) is 18.2 Å². The van der Waals surface area contributed by atoms with Crippen LogP contribution in [0.4, 0.5) is 11.4 Å². The molecule has 0 aliphatic carbocycles. The highest BCUT2D eigenvalue weighted by Gasteiger charge is 2.29. The first kappa shape index (κ1) is 15.2. The van der Waals surface area contributed by atoms with E-state index < -0.39 is 26.9 Å². The number of nitrogens with zero attached hydrogens (tertiary/aromatic N) is 1. The number of amides is 1. The Hall–Kier alpha value is -2.20. The second-order valence-electron chi connectivity index (χ2n) is 4.59. The van der Waals surface area contributed by atoms with Crippen LogP contribution in [0.1, 0.15) is 12.8 Å². The van der Waals surface area contributed by atoms with E-state index in [-0.39, 0.29) is 16.3 Å². The predicted molar refractivity (Wildman–Crippen MR) is 73.9 cm³/mol. The molecular formula is C11H14N4O5S. The minimum absolute atomic E-state index is 0.243. The molecule has 4 N–H and O–H groups in total. The Morgan fingerprint density at radius 3 is 2.71 bits per heavy atom. The molecule has 1 aromatic carbocycles. The summed E-state index contributed by atoms with van der Waals surface area (Å²) in [6.07, 6.45) is 1.05. The largest absolute Gasteiger partial charge is 0.397 e. The number of sulfonamides is 1. The third-order valence-electron chi connectivity index (χ3n) is 3.08. The third kappa shape index (κ3) is 3.28. The molecule has 0 radical (unpaired) electrons. The molecule has 0 saturated carbocycles. The van der Waals surface area contributed by atoms with Crippen LogP contribution in [0.15, 0.2) is 23.1 Å². The van der Waals surface area contributed by atoms with Crippen molar-refractivity contribution in [3.63, 3.8) is 0 Å². The van der Waals surface area contributed by atoms with Crippen LogP contribution < -0.4 is 15.8 Å². The second kappa shape index (κ2) is 5.66. The highest BCUT2D eigenvalue weighted by Crippen LogP contribution is 2.24. The van der Waals surface area contributed by atoms with Gasteiger partial charge in [-0.1, -0.05) is 0 Å². The molecule has 1 aliphatic rings. The summed E-state index contributed by atoms with van der Waals surface area (Å²) < 4.78 is 26.7. The van der Waals surface area contributed by atoms with Gasteiger partial charge >= 0.3 is 0 Å². The Balaban J connectivity index is 2.27. The van der Waals surface area contributed by atoms with Crippen LogP contribution in [-0.2, 0) is 14.8 Å². The number of nitro groups is 1. The first-order valence-corrected chi connectivity index (χ1v) is 7.63. The Bertz CT molecular complexity index is 688. The average molecular weight is 314 g/mol. The van der Waals surface area contributed by atoms with Crippen molar-refractivity contribution in [3.05, 3.63) is 28.3 Å². The fourth-order valence-corrected chi connectivity index (χ4v) is 3.37. The third-order valence-corrected chi connectivity index (χ3v) is 4.62. The summed E-state index contributed by atoms with van der Waals surface area (Å²) in [6, 6.07) is 2.20. The van der Waals surface area contributed by atoms with E-state index in [4.69, 9.17) is 5.73 Å². The Kier molecular flexibility index (Phi) is 4.09. The molecule has 1 fully saturated rings. The average Bonchev–Trinajstić information content (AvgIpc) is 2.40. The van der Waals surface area contributed by atoms with Gasteiger partial charge in [0.05, 0.1) is 10.6 Å². The molecule has 21 heavy (non-hydrogen) atoms. The van der Waals surface area contributed by atoms with Gasteiger partial charge < -0.3 is 11.1 Å². The van der Waals surface area contributed by atoms with Crippen molar-refractivity contribution in [3.8, 4) is 0 Å². The number of nitrogen functional groups attached to an aromatic ring is 1. The predicted octanol–water partition coefficient (Wildman–Crippen LogP) is -0.266. The van der Waals surface area contributed by atoms with Gasteiger partial charge in [0.1, 0.15) is 10.9 Å². The number of carbonyl (C=O) groups is 1. The quantitative estimate of drug-likeness (QED) is 0.396. The van der Waals surface area contributed by atoms with Crippen molar-refractivity contribution < 1.29 is 18.1 Å². The van der Waals surface area contributed by atoms with Crippen LogP contribution in [-0.4, -0.2) is 31.8 Å². The molecule has 2 rings (SSSR count). The van der Waals surface area contributed by atoms with E-state index in [1.165, 1.54) is 0 Å². The number of nitrogens with two attached hydrogens (primary N) is 1. The number of hydrogen-bond donors (Lipinski definition) is 3. The minimum Gasteiger partial charge on any atom is -0.397 e. The molecule has 0 spiro atoms. The van der Waals surface area contributed by atoms with Crippen molar-refractivity contribution in [2.24, 2.45) is 0 Å². The summed E-state index contributed by atoms with van der Waals surface area (Å²) in [7, 11) is -4.02. The first-order valence-electron chi connectivity index (χ1n) is 6.15. The molecule has 1 aliphatic heterocycles. The number of anilines is 1. The molecule has 9 nitrogen and oxygen atoms in total. The first-order chi connectivity index (χ1) is 9.81. The van der Waals surface area contributed by atoms with Gasteiger partial charge in [0.25, 0.3) is 5.69 Å². The Labute approximate surface area is 120 Å². The number of piperidine rings is 1. The van der Waals surface area contributed by atoms with Gasteiger partial charge in [0, 0.05) is 18.7 Å². The Morgan fingerprint density at radius 2 is 2.14 bits per heavy atom. The summed E-state index contributed by atoms with van der Waals surface area (Å²) in [6.45, 7) is 0.511. The Morgan fingerprint density at radius 1 is 1.43 bits per heavy atom. The summed E-state index contributed by atoms with van der Waals surface area (Å²) in [4.78, 5) is 21.2. The van der Waals surface area contributed by atoms with Crippen LogP contribution in [0, 0.1) is 10.1 Å². The lowest BCUT2D eigenvalue weighted by atomic mass is 10.1. The van der Waals surface area contributed by atoms with Gasteiger partial charge in [0.2, 0.25) is 15.9 Å². The van der Waals surface area contributed by atoms with E-state index in [1.807, 2.05) is 0 Å². The minimum atomic E-state index is -4.02. The topological polar surface area (TPSA) is 144 Å². The molecule has 1 unspecified atom stereocenters. The molecule has 1 amide bonds. The van der Waals surface area contributed by atoms with E-state index in [0.29, 0.717) is 19.4 Å². The van der Waals surface area contributed by atoms with E-state index in [1.54, 1.807) is 0 Å². The van der Waals surface area contributed by atoms with E-state index in [2.05, 4.69) is 10.0 Å². The molecule has 1 aromatic rings. The molecule has 10 heteroatoms. The number of nitrogens with one attached hydrogen (secondary N) is 2. The number of non-ortho nitro benzene ring substituents is 1. The van der Waals surface area contributed by atoms with Crippen LogP contribution in [0.3, 0.4) is 0 Å². The summed E-state index contributed by atoms with van der Waals surface area (Å²) >= 11 is 0. The lowest BCUT2D eigenvalue weighted by Gasteiger charge is -2.22. The highest BCUT2D eigenvalue weighted by atomic mass is 32.2. The number of rotatable bonds is 4. The second-order valence-corrected chi connectivity index (χ2v) is 6.27. The molecule has 1 heterocycles. The van der Waals surface area contributed by atoms with Gasteiger partial charge in [-0.15, -0.1) is 0 Å². The molecule has 0 aromatic heterocycles. The molecule has 1 saturated heterocycles. The van der Waals surface area contributed by atoms with Crippen molar-refractivity contribution >= 4 is 27.3 Å². The monoisotopic (exact) mass is 314 g/mol. The standard InChI is InChI=1S/C11H14N4O5S/c12-8-6-7(15(17)18)3-4-10(8)21(19,20)14-9-2-1-5-13-11(9)16/h3-4,6,9,14H,1-2,5,12H2,(H,13,16). The summed E-state index contributed by atoms with van der Waals surface area (Å²) in [5.41, 5.74) is 5.01. The van der Waals surface area contributed by atoms with E-state index >= 15 is 0 Å². The zero-order chi connectivity index (χ0) is 15.6. The van der Waals surface area contributed by atoms with Gasteiger partial charge in [-0.25, -0.2) is 8.42 Å². The van der Waals surface area contributed by atoms with Gasteiger partial charge in [-0.3, -0.25) is 14.9 Å². The fraction of sp³-hybridized carbons (Fsp3) is 0.364. The maximum Gasteiger partial charge on any atom is 0.271 e. The van der Waals surface area contributed by atoms with Crippen molar-refractivity contribution in [2.75, 3.05) is 12.3 Å². The van der Waals surface area contributed by atoms with Crippen molar-refractivity contribution in [2.45, 2.75) is 23.8 Å². The molecule has 114 valence electrons. The zero-order valence-corrected chi connectivity index (χ0v) is 11.7. The highest BCUT2D eigenvalue weighted by molar-refractivity contribution is 7.89. The summed E-state index contributed by atoms with van der Waals surface area (Å²) in [5, 5.41) is 13.2. The van der Waals surface area contributed by atoms with Gasteiger partial charge in [0.15, 0.2) is 0 Å². The van der Waals surface area contributed by atoms with Crippen molar-refractivity contribution in [1.29, 1.82) is 0 Å². The summed E-state index contributed by atoms with van der Waals surface area (Å²) in [5.74, 6) is -0.398. The number of nitro benzene ring substituents is 1. The molecule has 1 atom stereocenters. The normalized spacial score (nSPS) is 19.0.